The van der Waals surface area contributed by atoms with Gasteiger partial charge in [-0.1, -0.05) is 23.3 Å². The molecule has 2 aliphatic heterocycles. The van der Waals surface area contributed by atoms with E-state index in [-0.39, 0.29) is 11.5 Å². The maximum atomic E-state index is 8.96. The van der Waals surface area contributed by atoms with Crippen LogP contribution in [0.3, 0.4) is 0 Å². The van der Waals surface area contributed by atoms with E-state index in [1.54, 1.807) is 7.11 Å². The molecule has 0 aromatic heterocycles. The highest BCUT2D eigenvalue weighted by Gasteiger charge is 2.61. The number of hydrogen-bond donors (Lipinski definition) is 0. The number of ether oxygens (including phenoxy) is 2. The normalized spacial score (nSPS) is 32.1. The van der Waals surface area contributed by atoms with E-state index in [9.17, 15) is 0 Å². The summed E-state index contributed by atoms with van der Waals surface area (Å²) >= 11 is 0. The third kappa shape index (κ3) is 1.44. The Hall–Kier alpha value is -2.43. The summed E-state index contributed by atoms with van der Waals surface area (Å²) in [7, 11) is 3.85. The average Bonchev–Trinajstić information content (AvgIpc) is 2.94. The number of methoxy groups -OCH3 is 1. The van der Waals surface area contributed by atoms with E-state index in [4.69, 9.17) is 15.0 Å². The van der Waals surface area contributed by atoms with Crippen molar-refractivity contribution in [2.24, 2.45) is 5.11 Å². The van der Waals surface area contributed by atoms with Gasteiger partial charge >= 0.3 is 0 Å². The lowest BCUT2D eigenvalue weighted by Crippen LogP contribution is -2.58. The van der Waals surface area contributed by atoms with Crippen molar-refractivity contribution < 1.29 is 9.47 Å². The highest BCUT2D eigenvalue weighted by Crippen LogP contribution is 2.62. The fourth-order valence-corrected chi connectivity index (χ4v) is 5.08. The third-order valence-corrected chi connectivity index (χ3v) is 6.10. The number of allylic oxidation sites excluding steroid dienone is 2. The molecule has 1 fully saturated rings. The van der Waals surface area contributed by atoms with E-state index < -0.39 is 0 Å². The van der Waals surface area contributed by atoms with E-state index in [0.29, 0.717) is 11.7 Å². The lowest BCUT2D eigenvalue weighted by molar-refractivity contribution is 0.111. The van der Waals surface area contributed by atoms with Crippen molar-refractivity contribution in [3.63, 3.8) is 0 Å². The Morgan fingerprint density at radius 1 is 1.42 bits per heavy atom. The first-order chi connectivity index (χ1) is 11.7. The van der Waals surface area contributed by atoms with Crippen LogP contribution in [0.4, 0.5) is 0 Å². The number of piperidine rings is 1. The summed E-state index contributed by atoms with van der Waals surface area (Å²) in [6.07, 6.45) is 5.77. The molecule has 1 aromatic rings. The summed E-state index contributed by atoms with van der Waals surface area (Å²) in [5, 5.41) is 3.93. The van der Waals surface area contributed by atoms with Crippen molar-refractivity contribution in [2.45, 2.75) is 30.4 Å². The number of likely N-dealkylation sites (N-methyl/N-ethyl adjacent to an activating group) is 1. The molecule has 2 heterocycles. The molecular weight excluding hydrogens is 304 g/mol. The first kappa shape index (κ1) is 14.0. The molecule has 2 bridgehead atoms. The molecule has 2 aliphatic carbocycles. The van der Waals surface area contributed by atoms with Crippen LogP contribution in [-0.2, 0) is 11.8 Å². The number of rotatable bonds is 2. The van der Waals surface area contributed by atoms with E-state index in [1.165, 1.54) is 16.7 Å². The molecule has 6 heteroatoms. The van der Waals surface area contributed by atoms with Gasteiger partial charge in [-0.05, 0) is 49.2 Å². The van der Waals surface area contributed by atoms with Crippen LogP contribution in [0.15, 0.2) is 40.7 Å². The van der Waals surface area contributed by atoms with E-state index in [0.717, 1.165) is 30.9 Å². The van der Waals surface area contributed by atoms with Gasteiger partial charge in [-0.2, -0.15) is 0 Å². The summed E-state index contributed by atoms with van der Waals surface area (Å²) in [6, 6.07) is 4.53. The minimum Gasteiger partial charge on any atom is -0.493 e. The van der Waals surface area contributed by atoms with Crippen LogP contribution in [0.2, 0.25) is 0 Å². The Bertz CT molecular complexity index is 868. The lowest BCUT2D eigenvalue weighted by Gasteiger charge is -2.52. The largest absolute Gasteiger partial charge is 0.493 e. The zero-order valence-electron chi connectivity index (χ0n) is 13.7. The maximum Gasteiger partial charge on any atom is 0.166 e. The first-order valence-electron chi connectivity index (χ1n) is 8.25. The molecular formula is C18H18N4O2. The van der Waals surface area contributed by atoms with E-state index in [2.05, 4.69) is 34.1 Å². The second-order valence-corrected chi connectivity index (χ2v) is 6.95. The predicted octanol–water partition coefficient (Wildman–Crippen LogP) is 3.09. The van der Waals surface area contributed by atoms with Gasteiger partial charge in [0.1, 0.15) is 6.10 Å². The summed E-state index contributed by atoms with van der Waals surface area (Å²) in [4.78, 5) is 5.44. The minimum atomic E-state index is -0.255. The molecule has 1 spiro atoms. The minimum absolute atomic E-state index is 0.215. The average molecular weight is 322 g/mol. The zero-order chi connectivity index (χ0) is 16.5. The van der Waals surface area contributed by atoms with E-state index >= 15 is 0 Å². The van der Waals surface area contributed by atoms with Crippen LogP contribution in [0, 0.1) is 0 Å². The molecule has 0 unspecified atom stereocenters. The fourth-order valence-electron chi connectivity index (χ4n) is 5.08. The Kier molecular flexibility index (Phi) is 2.65. The Labute approximate surface area is 140 Å². The van der Waals surface area contributed by atoms with Crippen molar-refractivity contribution in [1.29, 1.82) is 0 Å². The van der Waals surface area contributed by atoms with Gasteiger partial charge in [0.2, 0.25) is 0 Å². The fraction of sp³-hybridized carbons (Fsp3) is 0.444. The topological polar surface area (TPSA) is 70.5 Å². The highest BCUT2D eigenvalue weighted by molar-refractivity contribution is 5.67. The van der Waals surface area contributed by atoms with Gasteiger partial charge < -0.3 is 9.47 Å². The summed E-state index contributed by atoms with van der Waals surface area (Å²) in [6.45, 7) is 1.00. The van der Waals surface area contributed by atoms with Gasteiger partial charge in [0, 0.05) is 16.5 Å². The van der Waals surface area contributed by atoms with Gasteiger partial charge in [0.25, 0.3) is 0 Å². The smallest absolute Gasteiger partial charge is 0.166 e. The molecule has 0 saturated carbocycles. The molecule has 0 N–H and O–H groups in total. The van der Waals surface area contributed by atoms with Crippen LogP contribution in [0.25, 0.3) is 10.4 Å². The van der Waals surface area contributed by atoms with Crippen LogP contribution in [-0.4, -0.2) is 37.7 Å². The predicted molar refractivity (Wildman–Crippen MR) is 89.1 cm³/mol. The number of nitrogens with zero attached hydrogens (tertiary/aromatic N) is 4. The first-order valence-corrected chi connectivity index (χ1v) is 8.25. The second kappa shape index (κ2) is 4.56. The molecule has 5 rings (SSSR count). The van der Waals surface area contributed by atoms with Crippen LogP contribution >= 0.6 is 0 Å². The lowest BCUT2D eigenvalue weighted by atomic mass is 9.57. The molecule has 122 valence electrons. The van der Waals surface area contributed by atoms with Gasteiger partial charge in [-0.3, -0.25) is 4.90 Å². The van der Waals surface area contributed by atoms with Crippen LogP contribution < -0.4 is 9.47 Å². The van der Waals surface area contributed by atoms with Crippen molar-refractivity contribution in [3.8, 4) is 11.5 Å². The molecule has 6 nitrogen and oxygen atoms in total. The number of azide groups is 1. The zero-order valence-corrected chi connectivity index (χ0v) is 13.7. The molecule has 0 amide bonds. The number of benzene rings is 1. The van der Waals surface area contributed by atoms with Crippen molar-refractivity contribution >= 4 is 0 Å². The highest BCUT2D eigenvalue weighted by atomic mass is 16.5. The summed E-state index contributed by atoms with van der Waals surface area (Å²) < 4.78 is 11.9. The van der Waals surface area contributed by atoms with Crippen molar-refractivity contribution in [2.75, 3.05) is 20.7 Å². The van der Waals surface area contributed by atoms with Crippen molar-refractivity contribution in [3.05, 3.63) is 57.1 Å². The summed E-state index contributed by atoms with van der Waals surface area (Å²) in [5.41, 5.74) is 13.4. The Morgan fingerprint density at radius 3 is 3.08 bits per heavy atom. The maximum absolute atomic E-state index is 8.96. The number of hydrogen-bond acceptors (Lipinski definition) is 4. The summed E-state index contributed by atoms with van der Waals surface area (Å²) in [5.74, 6) is 1.59. The SMILES string of the molecule is COc1ccc2c3c1O[C@H]1C(N=[N+]=[N-])=CC=C4[C@@H](C2)N(C)CC[C@]431. The monoisotopic (exact) mass is 322 g/mol. The van der Waals surface area contributed by atoms with Crippen LogP contribution in [0.5, 0.6) is 11.5 Å². The third-order valence-electron chi connectivity index (χ3n) is 6.10. The molecule has 24 heavy (non-hydrogen) atoms. The second-order valence-electron chi connectivity index (χ2n) is 6.95. The molecule has 0 radical (unpaired) electrons. The quantitative estimate of drug-likeness (QED) is 0.477. The van der Waals surface area contributed by atoms with E-state index in [1.807, 2.05) is 12.1 Å². The Balaban J connectivity index is 1.84. The van der Waals surface area contributed by atoms with Crippen molar-refractivity contribution in [1.82, 2.24) is 4.90 Å². The van der Waals surface area contributed by atoms with Gasteiger partial charge in [-0.25, -0.2) is 0 Å². The van der Waals surface area contributed by atoms with Gasteiger partial charge in [0.05, 0.1) is 18.2 Å². The molecule has 1 saturated heterocycles. The van der Waals surface area contributed by atoms with Gasteiger partial charge in [0.15, 0.2) is 11.5 Å². The standard InChI is InChI=1S/C18H18N4O2/c1-22-8-7-18-11-4-5-12(20-21-19)17(18)24-16-14(23-2)6-3-10(15(16)18)9-13(11)22/h3-6,13,17H,7-9H2,1-2H3/t13-,17+,18+/m1/s1. The van der Waals surface area contributed by atoms with Crippen LogP contribution in [0.1, 0.15) is 17.5 Å². The van der Waals surface area contributed by atoms with Gasteiger partial charge in [-0.15, -0.1) is 0 Å². The molecule has 1 aromatic carbocycles. The molecule has 4 aliphatic rings. The number of likely N-dealkylation sites (tertiary alicyclic amines) is 1. The Morgan fingerprint density at radius 2 is 2.29 bits per heavy atom. The molecule has 3 atom stereocenters.